The van der Waals surface area contributed by atoms with E-state index in [1.165, 1.54) is 6.07 Å². The fourth-order valence-electron chi connectivity index (χ4n) is 3.56. The number of carboxylic acids is 1. The number of benzene rings is 1. The van der Waals surface area contributed by atoms with E-state index in [2.05, 4.69) is 27.9 Å². The van der Waals surface area contributed by atoms with Crippen molar-refractivity contribution in [2.75, 3.05) is 17.3 Å². The summed E-state index contributed by atoms with van der Waals surface area (Å²) in [5, 5.41) is 31.5. The molecule has 0 aromatic heterocycles. The van der Waals surface area contributed by atoms with Crippen molar-refractivity contribution >= 4 is 29.2 Å². The molecule has 0 aliphatic carbocycles. The fourth-order valence-corrected chi connectivity index (χ4v) is 3.82. The summed E-state index contributed by atoms with van der Waals surface area (Å²) in [5.74, 6) is -0.281. The van der Waals surface area contributed by atoms with Crippen LogP contribution in [0.1, 0.15) is 68.7 Å². The molecule has 0 radical (unpaired) electrons. The molecule has 0 spiro atoms. The lowest BCUT2D eigenvalue weighted by Crippen LogP contribution is -2.33. The highest BCUT2D eigenvalue weighted by Gasteiger charge is 2.27. The van der Waals surface area contributed by atoms with Crippen molar-refractivity contribution in [2.45, 2.75) is 59.4 Å². The summed E-state index contributed by atoms with van der Waals surface area (Å²) >= 11 is 6.20. The highest BCUT2D eigenvalue weighted by molar-refractivity contribution is 6.33. The Bertz CT molecular complexity index is 1100. The monoisotopic (exact) mass is 474 g/mol. The van der Waals surface area contributed by atoms with E-state index in [9.17, 15) is 15.0 Å². The number of aromatic carboxylic acids is 1. The molecule has 0 fully saturated rings. The zero-order valence-electron chi connectivity index (χ0n) is 19.6. The van der Waals surface area contributed by atoms with Gasteiger partial charge in [0.05, 0.1) is 40.3 Å². The molecule has 1 aromatic rings. The van der Waals surface area contributed by atoms with Gasteiger partial charge in [-0.3, -0.25) is 5.43 Å². The van der Waals surface area contributed by atoms with E-state index in [1.807, 2.05) is 27.7 Å². The largest absolute Gasteiger partial charge is 0.478 e. The number of nitrogens with one attached hydrogen (secondary N) is 2. The predicted octanol–water partition coefficient (Wildman–Crippen LogP) is 4.51. The third-order valence-corrected chi connectivity index (χ3v) is 5.80. The number of carboxylic acid groups (broad SMARTS) is 1. The minimum atomic E-state index is -1.09. The predicted molar refractivity (Wildman–Crippen MR) is 129 cm³/mol. The van der Waals surface area contributed by atoms with Gasteiger partial charge in [-0.2, -0.15) is 5.10 Å². The second kappa shape index (κ2) is 10.4. The first-order valence-corrected chi connectivity index (χ1v) is 11.5. The first-order chi connectivity index (χ1) is 15.7. The molecule has 2 aliphatic heterocycles. The highest BCUT2D eigenvalue weighted by Crippen LogP contribution is 2.33. The smallest absolute Gasteiger partial charge is 0.337 e. The molecule has 178 valence electrons. The molecule has 4 N–H and O–H groups in total. The second-order valence-electron chi connectivity index (χ2n) is 8.69. The Morgan fingerprint density at radius 3 is 2.45 bits per heavy atom. The molecule has 0 saturated heterocycles. The molecule has 0 saturated carbocycles. The topological polar surface area (TPSA) is 125 Å². The van der Waals surface area contributed by atoms with Gasteiger partial charge < -0.3 is 15.5 Å². The van der Waals surface area contributed by atoms with Gasteiger partial charge in [0.2, 0.25) is 5.95 Å². The van der Waals surface area contributed by atoms with Crippen LogP contribution in [0.5, 0.6) is 0 Å². The molecule has 0 bridgehead atoms. The molecule has 9 nitrogen and oxygen atoms in total. The number of anilines is 2. The number of aliphatic hydroxyl groups is 1. The Morgan fingerprint density at radius 1 is 1.18 bits per heavy atom. The van der Waals surface area contributed by atoms with Gasteiger partial charge >= 0.3 is 5.97 Å². The van der Waals surface area contributed by atoms with Crippen LogP contribution in [0, 0.1) is 5.92 Å². The molecule has 2 aliphatic rings. The number of hydrogen-bond acceptors (Lipinski definition) is 7. The number of aromatic nitrogens is 4. The van der Waals surface area contributed by atoms with Crippen molar-refractivity contribution in [1.82, 2.24) is 19.9 Å². The molecule has 1 unspecified atom stereocenters. The zero-order valence-corrected chi connectivity index (χ0v) is 20.3. The fraction of sp³-hybridized carbons (Fsp3) is 0.478. The third kappa shape index (κ3) is 5.20. The summed E-state index contributed by atoms with van der Waals surface area (Å²) in [6.07, 6.45) is 1.56. The van der Waals surface area contributed by atoms with E-state index in [-0.39, 0.29) is 35.1 Å². The van der Waals surface area contributed by atoms with Crippen LogP contribution in [0.25, 0.3) is 11.4 Å². The SMILES string of the molecule is CCCc1c2nnc(C(C)C)c-2nc(NC(CO)C(C)C)n1Nc1ccc(C(=O)O)c(Cl)c1. The van der Waals surface area contributed by atoms with Gasteiger partial charge in [-0.1, -0.05) is 52.6 Å². The number of hydrogen-bond donors (Lipinski definition) is 4. The highest BCUT2D eigenvalue weighted by atomic mass is 35.5. The first-order valence-electron chi connectivity index (χ1n) is 11.1. The molecule has 1 atom stereocenters. The van der Waals surface area contributed by atoms with E-state index >= 15 is 0 Å². The van der Waals surface area contributed by atoms with Crippen molar-refractivity contribution in [3.63, 3.8) is 0 Å². The van der Waals surface area contributed by atoms with E-state index in [0.29, 0.717) is 23.8 Å². The summed E-state index contributed by atoms with van der Waals surface area (Å²) < 4.78 is 1.79. The standard InChI is InChI=1S/C23H31ClN6O3/c1-6-7-18-20-21(19(13(4)5)27-28-20)26-23(25-17(11-31)12(2)3)30(18)29-14-8-9-15(22(32)33)16(24)10-14/h8-10,12-13,17,29,31H,6-7,11H2,1-5H3,(H,25,26)(H,32,33). The molecular weight excluding hydrogens is 444 g/mol. The Hall–Kier alpha value is -2.91. The van der Waals surface area contributed by atoms with Gasteiger partial charge in [0.25, 0.3) is 0 Å². The number of aliphatic hydroxyl groups excluding tert-OH is 1. The molecule has 0 amide bonds. The summed E-state index contributed by atoms with van der Waals surface area (Å²) in [4.78, 5) is 16.2. The maximum atomic E-state index is 11.3. The summed E-state index contributed by atoms with van der Waals surface area (Å²) in [5.41, 5.74) is 7.04. The van der Waals surface area contributed by atoms with Gasteiger partial charge in [-0.15, -0.1) is 5.10 Å². The zero-order chi connectivity index (χ0) is 24.3. The van der Waals surface area contributed by atoms with Crippen molar-refractivity contribution < 1.29 is 15.0 Å². The van der Waals surface area contributed by atoms with E-state index in [1.54, 1.807) is 16.8 Å². The Morgan fingerprint density at radius 2 is 1.91 bits per heavy atom. The lowest BCUT2D eigenvalue weighted by atomic mass is 10.0. The maximum Gasteiger partial charge on any atom is 0.337 e. The molecule has 2 heterocycles. The Balaban J connectivity index is 2.20. The van der Waals surface area contributed by atoms with Gasteiger partial charge in [0.15, 0.2) is 0 Å². The number of halogens is 1. The summed E-state index contributed by atoms with van der Waals surface area (Å²) in [6, 6.07) is 4.43. The van der Waals surface area contributed by atoms with E-state index in [4.69, 9.17) is 16.6 Å². The minimum Gasteiger partial charge on any atom is -0.478 e. The second-order valence-corrected chi connectivity index (χ2v) is 9.10. The van der Waals surface area contributed by atoms with E-state index in [0.717, 1.165) is 23.5 Å². The van der Waals surface area contributed by atoms with Crippen molar-refractivity contribution in [2.24, 2.45) is 5.92 Å². The average Bonchev–Trinajstić information content (AvgIpc) is 3.17. The molecule has 3 rings (SSSR count). The van der Waals surface area contributed by atoms with Crippen LogP contribution in [0.3, 0.4) is 0 Å². The van der Waals surface area contributed by atoms with Crippen LogP contribution >= 0.6 is 11.6 Å². The number of carbonyl (C=O) groups is 1. The number of fused-ring (bicyclic) bond motifs is 1. The quantitative estimate of drug-likeness (QED) is 0.338. The Kier molecular flexibility index (Phi) is 7.76. The Labute approximate surface area is 198 Å². The van der Waals surface area contributed by atoms with Crippen LogP contribution in [0.15, 0.2) is 18.2 Å². The summed E-state index contributed by atoms with van der Waals surface area (Å²) in [7, 11) is 0. The van der Waals surface area contributed by atoms with Gasteiger partial charge in [-0.05, 0) is 36.5 Å². The third-order valence-electron chi connectivity index (χ3n) is 5.49. The summed E-state index contributed by atoms with van der Waals surface area (Å²) in [6.45, 7) is 10.2. The van der Waals surface area contributed by atoms with Crippen molar-refractivity contribution in [1.29, 1.82) is 0 Å². The minimum absolute atomic E-state index is 0.0246. The van der Waals surface area contributed by atoms with Gasteiger partial charge in [0, 0.05) is 0 Å². The van der Waals surface area contributed by atoms with Crippen LogP contribution in [-0.4, -0.2) is 48.7 Å². The van der Waals surface area contributed by atoms with Crippen molar-refractivity contribution in [3.05, 3.63) is 40.2 Å². The molecular formula is C23H31ClN6O3. The van der Waals surface area contributed by atoms with Crippen LogP contribution in [0.4, 0.5) is 11.6 Å². The lowest BCUT2D eigenvalue weighted by Gasteiger charge is -2.27. The van der Waals surface area contributed by atoms with E-state index < -0.39 is 5.97 Å². The molecule has 33 heavy (non-hydrogen) atoms. The molecule has 10 heteroatoms. The number of nitrogens with zero attached hydrogens (tertiary/aromatic N) is 4. The molecule has 1 aromatic carbocycles. The first kappa shape index (κ1) is 24.7. The van der Waals surface area contributed by atoms with Crippen molar-refractivity contribution in [3.8, 4) is 11.4 Å². The average molecular weight is 475 g/mol. The van der Waals surface area contributed by atoms with Crippen LogP contribution in [-0.2, 0) is 6.42 Å². The van der Waals surface area contributed by atoms with Gasteiger partial charge in [0.1, 0.15) is 11.4 Å². The van der Waals surface area contributed by atoms with Gasteiger partial charge in [-0.25, -0.2) is 14.5 Å². The van der Waals surface area contributed by atoms with Crippen LogP contribution in [0.2, 0.25) is 5.02 Å². The normalized spacial score (nSPS) is 12.5. The van der Waals surface area contributed by atoms with Crippen LogP contribution < -0.4 is 10.7 Å². The lowest BCUT2D eigenvalue weighted by molar-refractivity contribution is 0.0697. The maximum absolute atomic E-state index is 11.3. The number of rotatable bonds is 10.